The molecule has 2 N–H and O–H groups in total. The fourth-order valence-corrected chi connectivity index (χ4v) is 1.21. The normalized spacial score (nSPS) is 11.4. The Labute approximate surface area is 86.3 Å². The van der Waals surface area contributed by atoms with E-state index >= 15 is 0 Å². The van der Waals surface area contributed by atoms with Crippen LogP contribution >= 0.6 is 0 Å². The van der Waals surface area contributed by atoms with Gasteiger partial charge in [0.25, 0.3) is 0 Å². The summed E-state index contributed by atoms with van der Waals surface area (Å²) in [5.74, 6) is 0. The second kappa shape index (κ2) is 5.86. The van der Waals surface area contributed by atoms with Crippen molar-refractivity contribution in [1.82, 2.24) is 10.2 Å². The highest BCUT2D eigenvalue weighted by Gasteiger charge is 2.24. The number of rotatable bonds is 5. The molecular weight excluding hydrogens is 180 g/mol. The van der Waals surface area contributed by atoms with Crippen LogP contribution in [0.2, 0.25) is 0 Å². The fraction of sp³-hybridized carbons (Fsp3) is 0.900. The van der Waals surface area contributed by atoms with Crippen molar-refractivity contribution < 1.29 is 9.90 Å². The average Bonchev–Trinajstić information content (AvgIpc) is 2.01. The zero-order valence-electron chi connectivity index (χ0n) is 9.63. The Morgan fingerprint density at radius 2 is 1.93 bits per heavy atom. The highest BCUT2D eigenvalue weighted by atomic mass is 16.4. The third kappa shape index (κ3) is 5.07. The molecule has 84 valence electrons. The van der Waals surface area contributed by atoms with Gasteiger partial charge < -0.3 is 15.3 Å². The van der Waals surface area contributed by atoms with Gasteiger partial charge in [-0.15, -0.1) is 0 Å². The monoisotopic (exact) mass is 202 g/mol. The van der Waals surface area contributed by atoms with E-state index in [0.717, 1.165) is 19.5 Å². The summed E-state index contributed by atoms with van der Waals surface area (Å²) in [6.07, 6.45) is 0.221. The van der Waals surface area contributed by atoms with E-state index in [-0.39, 0.29) is 5.54 Å². The Balaban J connectivity index is 3.94. The molecule has 1 amide bonds. The zero-order valence-corrected chi connectivity index (χ0v) is 9.63. The van der Waals surface area contributed by atoms with Crippen LogP contribution in [0.1, 0.15) is 34.1 Å². The molecule has 0 saturated carbocycles. The lowest BCUT2D eigenvalue weighted by molar-refractivity contribution is 0.101. The maximum Gasteiger partial charge on any atom is 0.407 e. The van der Waals surface area contributed by atoms with Gasteiger partial charge in [-0.2, -0.15) is 0 Å². The molecule has 0 fully saturated rings. The van der Waals surface area contributed by atoms with Gasteiger partial charge in [-0.1, -0.05) is 6.92 Å². The van der Waals surface area contributed by atoms with E-state index in [1.54, 1.807) is 0 Å². The average molecular weight is 202 g/mol. The van der Waals surface area contributed by atoms with Crippen molar-refractivity contribution in [2.75, 3.05) is 19.6 Å². The molecule has 0 spiro atoms. The van der Waals surface area contributed by atoms with Gasteiger partial charge in [0.15, 0.2) is 0 Å². The molecule has 0 aromatic heterocycles. The summed E-state index contributed by atoms with van der Waals surface area (Å²) in [4.78, 5) is 12.4. The quantitative estimate of drug-likeness (QED) is 0.668. The molecule has 0 saturated heterocycles. The van der Waals surface area contributed by atoms with Crippen LogP contribution in [0.5, 0.6) is 0 Å². The van der Waals surface area contributed by atoms with E-state index in [2.05, 4.69) is 12.2 Å². The molecule has 0 unspecified atom stereocenters. The van der Waals surface area contributed by atoms with Gasteiger partial charge in [-0.05, 0) is 33.7 Å². The van der Waals surface area contributed by atoms with Crippen molar-refractivity contribution >= 4 is 6.09 Å². The lowest BCUT2D eigenvalue weighted by atomic mass is 10.1. The minimum Gasteiger partial charge on any atom is -0.465 e. The Bertz CT molecular complexity index is 175. The summed E-state index contributed by atoms with van der Waals surface area (Å²) in [6.45, 7) is 10.0. The highest BCUT2D eigenvalue weighted by Crippen LogP contribution is 2.12. The van der Waals surface area contributed by atoms with Crippen LogP contribution in [0.25, 0.3) is 0 Å². The molecule has 14 heavy (non-hydrogen) atoms. The van der Waals surface area contributed by atoms with Gasteiger partial charge in [-0.25, -0.2) is 4.79 Å². The van der Waals surface area contributed by atoms with Gasteiger partial charge in [-0.3, -0.25) is 0 Å². The van der Waals surface area contributed by atoms with Gasteiger partial charge >= 0.3 is 6.09 Å². The third-order valence-corrected chi connectivity index (χ3v) is 1.98. The minimum absolute atomic E-state index is 0.320. The van der Waals surface area contributed by atoms with E-state index in [9.17, 15) is 4.79 Å². The van der Waals surface area contributed by atoms with Crippen molar-refractivity contribution in [3.05, 3.63) is 0 Å². The zero-order chi connectivity index (χ0) is 11.2. The molecule has 4 nitrogen and oxygen atoms in total. The van der Waals surface area contributed by atoms with Crippen LogP contribution in [0, 0.1) is 0 Å². The number of hydrogen-bond donors (Lipinski definition) is 2. The second-order valence-electron chi connectivity index (χ2n) is 4.36. The largest absolute Gasteiger partial charge is 0.465 e. The second-order valence-corrected chi connectivity index (χ2v) is 4.36. The van der Waals surface area contributed by atoms with Crippen LogP contribution in [-0.4, -0.2) is 41.3 Å². The lowest BCUT2D eigenvalue weighted by Gasteiger charge is -2.33. The first-order valence-corrected chi connectivity index (χ1v) is 5.11. The molecule has 0 aliphatic carbocycles. The van der Waals surface area contributed by atoms with Crippen molar-refractivity contribution in [2.24, 2.45) is 0 Å². The number of hydrogen-bond acceptors (Lipinski definition) is 2. The number of carboxylic acid groups (broad SMARTS) is 1. The molecular formula is C10H22N2O2. The molecule has 0 heterocycles. The van der Waals surface area contributed by atoms with E-state index in [1.807, 2.05) is 20.8 Å². The first kappa shape index (κ1) is 13.2. The van der Waals surface area contributed by atoms with Crippen LogP contribution in [0.3, 0.4) is 0 Å². The van der Waals surface area contributed by atoms with Crippen molar-refractivity contribution in [2.45, 2.75) is 39.7 Å². The maximum absolute atomic E-state index is 10.9. The molecule has 0 aliphatic rings. The van der Waals surface area contributed by atoms with Crippen LogP contribution in [0.4, 0.5) is 4.79 Å². The predicted octanol–water partition coefficient (Wildman–Crippen LogP) is 1.76. The summed E-state index contributed by atoms with van der Waals surface area (Å²) in [5, 5.41) is 12.2. The predicted molar refractivity (Wildman–Crippen MR) is 57.6 cm³/mol. The van der Waals surface area contributed by atoms with Gasteiger partial charge in [0, 0.05) is 18.6 Å². The van der Waals surface area contributed by atoms with Gasteiger partial charge in [0.1, 0.15) is 0 Å². The number of amides is 1. The number of nitrogens with one attached hydrogen (secondary N) is 1. The summed E-state index contributed by atoms with van der Waals surface area (Å²) in [6, 6.07) is 0. The smallest absolute Gasteiger partial charge is 0.407 e. The van der Waals surface area contributed by atoms with E-state index < -0.39 is 6.09 Å². The highest BCUT2D eigenvalue weighted by molar-refractivity contribution is 5.65. The Hall–Kier alpha value is -0.770. The SMILES string of the molecule is CCCNCCN(C(=O)O)C(C)(C)C. The maximum atomic E-state index is 10.9. The standard InChI is InChI=1S/C10H22N2O2/c1-5-6-11-7-8-12(9(13)14)10(2,3)4/h11H,5-8H2,1-4H3,(H,13,14). The molecule has 0 bridgehead atoms. The Morgan fingerprint density at radius 3 is 2.29 bits per heavy atom. The van der Waals surface area contributed by atoms with Crippen molar-refractivity contribution in [3.8, 4) is 0 Å². The summed E-state index contributed by atoms with van der Waals surface area (Å²) >= 11 is 0. The summed E-state index contributed by atoms with van der Waals surface area (Å²) < 4.78 is 0. The Morgan fingerprint density at radius 1 is 1.36 bits per heavy atom. The fourth-order valence-electron chi connectivity index (χ4n) is 1.21. The van der Waals surface area contributed by atoms with E-state index in [1.165, 1.54) is 4.90 Å². The number of carbonyl (C=O) groups is 1. The molecule has 0 aromatic carbocycles. The first-order valence-electron chi connectivity index (χ1n) is 5.11. The topological polar surface area (TPSA) is 52.6 Å². The van der Waals surface area contributed by atoms with Crippen molar-refractivity contribution in [3.63, 3.8) is 0 Å². The van der Waals surface area contributed by atoms with Gasteiger partial charge in [0.2, 0.25) is 0 Å². The lowest BCUT2D eigenvalue weighted by Crippen LogP contribution is -2.47. The summed E-state index contributed by atoms with van der Waals surface area (Å²) in [7, 11) is 0. The molecule has 4 heteroatoms. The molecule has 0 aromatic rings. The third-order valence-electron chi connectivity index (χ3n) is 1.98. The Kier molecular flexibility index (Phi) is 5.53. The van der Waals surface area contributed by atoms with Crippen LogP contribution < -0.4 is 5.32 Å². The van der Waals surface area contributed by atoms with Gasteiger partial charge in [0.05, 0.1) is 0 Å². The van der Waals surface area contributed by atoms with Crippen LogP contribution in [-0.2, 0) is 0 Å². The molecule has 0 atom stereocenters. The van der Waals surface area contributed by atoms with Crippen molar-refractivity contribution in [1.29, 1.82) is 0 Å². The summed E-state index contributed by atoms with van der Waals surface area (Å²) in [5.41, 5.74) is -0.320. The number of nitrogens with zero attached hydrogens (tertiary/aromatic N) is 1. The molecule has 0 rings (SSSR count). The minimum atomic E-state index is -0.851. The van der Waals surface area contributed by atoms with E-state index in [0.29, 0.717) is 6.54 Å². The first-order chi connectivity index (χ1) is 6.39. The molecule has 0 radical (unpaired) electrons. The molecule has 0 aliphatic heterocycles. The van der Waals surface area contributed by atoms with Crippen LogP contribution in [0.15, 0.2) is 0 Å². The van der Waals surface area contributed by atoms with E-state index in [4.69, 9.17) is 5.11 Å².